The number of hydrogen-bond acceptors (Lipinski definition) is 8. The zero-order valence-electron chi connectivity index (χ0n) is 28.2. The molecule has 0 aliphatic heterocycles. The molecule has 0 saturated heterocycles. The van der Waals surface area contributed by atoms with Gasteiger partial charge in [-0.3, -0.25) is 4.98 Å². The van der Waals surface area contributed by atoms with Crippen LogP contribution >= 0.6 is 23.1 Å². The van der Waals surface area contributed by atoms with E-state index in [2.05, 4.69) is 113 Å². The quantitative estimate of drug-likeness (QED) is 0.0964. The van der Waals surface area contributed by atoms with E-state index in [9.17, 15) is 0 Å². The minimum atomic E-state index is -2.79. The number of pyridine rings is 1. The van der Waals surface area contributed by atoms with Crippen LogP contribution in [0.3, 0.4) is 0 Å². The van der Waals surface area contributed by atoms with Gasteiger partial charge in [0.05, 0.1) is 33.8 Å². The van der Waals surface area contributed by atoms with E-state index >= 15 is 0 Å². The highest BCUT2D eigenvalue weighted by Crippen LogP contribution is 2.45. The number of anilines is 1. The highest BCUT2D eigenvalue weighted by Gasteiger charge is 2.54. The van der Waals surface area contributed by atoms with Crippen LogP contribution in [0.25, 0.3) is 20.8 Å². The summed E-state index contributed by atoms with van der Waals surface area (Å²) in [5.41, 5.74) is 3.77. The molecule has 9 heteroatoms. The summed E-state index contributed by atoms with van der Waals surface area (Å²) in [5, 5.41) is 8.16. The Bertz CT molecular complexity index is 1770. The van der Waals surface area contributed by atoms with Crippen LogP contribution in [-0.2, 0) is 4.43 Å². The third-order valence-electron chi connectivity index (χ3n) is 9.75. The lowest BCUT2D eigenvalue weighted by atomic mass is 9.95. The van der Waals surface area contributed by atoms with E-state index in [1.54, 1.807) is 23.1 Å². The molecule has 2 aromatic carbocycles. The molecule has 0 amide bonds. The van der Waals surface area contributed by atoms with Crippen molar-refractivity contribution < 1.29 is 4.43 Å². The maximum Gasteiger partial charge on any atom is 0.261 e. The molecule has 1 saturated carbocycles. The smallest absolute Gasteiger partial charge is 0.261 e. The van der Waals surface area contributed by atoms with Crippen molar-refractivity contribution in [2.45, 2.75) is 83.6 Å². The fourth-order valence-electron chi connectivity index (χ4n) is 7.34. The molecule has 1 N–H and O–H groups in total. The molecular formula is C37H45N5OS2Si. The third kappa shape index (κ3) is 5.91. The van der Waals surface area contributed by atoms with E-state index in [-0.39, 0.29) is 17.2 Å². The minimum Gasteiger partial charge on any atom is -0.402 e. The molecule has 240 valence electrons. The lowest BCUT2D eigenvalue weighted by Crippen LogP contribution is -2.68. The molecule has 0 spiro atoms. The minimum absolute atomic E-state index is 0.0149. The first-order chi connectivity index (χ1) is 22.1. The lowest BCUT2D eigenvalue weighted by molar-refractivity contribution is 0.132. The molecule has 1 aliphatic rings. The van der Waals surface area contributed by atoms with Gasteiger partial charge < -0.3 is 9.74 Å². The number of thioether (sulfide) groups is 1. The Kier molecular flexibility index (Phi) is 9.40. The molecule has 46 heavy (non-hydrogen) atoms. The highest BCUT2D eigenvalue weighted by atomic mass is 32.2. The van der Waals surface area contributed by atoms with Gasteiger partial charge in [-0.2, -0.15) is 0 Å². The van der Waals surface area contributed by atoms with Gasteiger partial charge in [-0.05, 0) is 59.8 Å². The lowest BCUT2D eigenvalue weighted by Gasteiger charge is -2.46. The van der Waals surface area contributed by atoms with Crippen LogP contribution in [-0.4, -0.2) is 46.7 Å². The van der Waals surface area contributed by atoms with Gasteiger partial charge in [-0.1, -0.05) is 113 Å². The van der Waals surface area contributed by atoms with Crippen LogP contribution < -0.4 is 15.7 Å². The summed E-state index contributed by atoms with van der Waals surface area (Å²) in [4.78, 5) is 19.5. The van der Waals surface area contributed by atoms with Crippen molar-refractivity contribution in [3.05, 3.63) is 84.3 Å². The summed E-state index contributed by atoms with van der Waals surface area (Å²) >= 11 is 3.24. The van der Waals surface area contributed by atoms with Crippen LogP contribution in [0.1, 0.15) is 58.8 Å². The Balaban J connectivity index is 1.48. The summed E-state index contributed by atoms with van der Waals surface area (Å²) < 4.78 is 8.99. The fourth-order valence-corrected chi connectivity index (χ4v) is 13.7. The van der Waals surface area contributed by atoms with Crippen LogP contribution in [0.4, 0.5) is 5.82 Å². The number of nitrogens with one attached hydrogen (secondary N) is 1. The zero-order chi connectivity index (χ0) is 32.6. The predicted octanol–water partition coefficient (Wildman–Crippen LogP) is 8.28. The van der Waals surface area contributed by atoms with Crippen molar-refractivity contribution in [3.8, 4) is 10.6 Å². The summed E-state index contributed by atoms with van der Waals surface area (Å²) in [6, 6.07) is 24.1. The number of rotatable bonds is 9. The summed E-state index contributed by atoms with van der Waals surface area (Å²) in [6.45, 7) is 15.9. The first-order valence-corrected chi connectivity index (χ1v) is 20.2. The number of hydrogen-bond donors (Lipinski definition) is 1. The second kappa shape index (κ2) is 13.2. The van der Waals surface area contributed by atoms with Crippen LogP contribution in [0.15, 0.2) is 78.1 Å². The molecule has 5 aromatic rings. The second-order valence-electron chi connectivity index (χ2n) is 13.5. The van der Waals surface area contributed by atoms with Gasteiger partial charge in [0.15, 0.2) is 5.16 Å². The van der Waals surface area contributed by atoms with Gasteiger partial charge >= 0.3 is 0 Å². The first-order valence-electron chi connectivity index (χ1n) is 16.3. The number of aromatic nitrogens is 4. The number of benzene rings is 2. The largest absolute Gasteiger partial charge is 0.402 e. The molecule has 3 heterocycles. The van der Waals surface area contributed by atoms with Crippen LogP contribution in [0, 0.1) is 25.7 Å². The molecule has 1 fully saturated rings. The van der Waals surface area contributed by atoms with Crippen molar-refractivity contribution in [1.29, 1.82) is 0 Å². The molecule has 1 aliphatic carbocycles. The molecule has 0 radical (unpaired) electrons. The zero-order valence-corrected chi connectivity index (χ0v) is 30.8. The predicted molar refractivity (Wildman–Crippen MR) is 197 cm³/mol. The van der Waals surface area contributed by atoms with E-state index in [4.69, 9.17) is 19.4 Å². The summed E-state index contributed by atoms with van der Waals surface area (Å²) in [7, 11) is -2.79. The van der Waals surface area contributed by atoms with Gasteiger partial charge in [0.1, 0.15) is 16.3 Å². The van der Waals surface area contributed by atoms with E-state index < -0.39 is 8.32 Å². The van der Waals surface area contributed by atoms with Crippen molar-refractivity contribution >= 4 is 57.8 Å². The molecule has 4 atom stereocenters. The van der Waals surface area contributed by atoms with Crippen molar-refractivity contribution in [3.63, 3.8) is 0 Å². The maximum atomic E-state index is 7.87. The Morgan fingerprint density at radius 3 is 2.15 bits per heavy atom. The standard InChI is InChI=1S/C37H45N5OS2Si/c1-9-26-22-29(40-34-31(24(3)39-36(42-34)44-8)35-41-32-25(4)38-21-20-30(32)45-35)33(23(26)2)43-46(37(5,6)7,27-16-12-10-13-17-27)28-18-14-11-15-19-28/h10-21,23,26,29,33H,9,22H2,1-8H3,(H,39,40,42)/t23-,26+,29-,33?/m1/s1. The molecule has 6 rings (SSSR count). The van der Waals surface area contributed by atoms with Crippen molar-refractivity contribution in [1.82, 2.24) is 19.9 Å². The highest BCUT2D eigenvalue weighted by molar-refractivity contribution is 7.98. The number of fused-ring (bicyclic) bond motifs is 1. The van der Waals surface area contributed by atoms with Crippen molar-refractivity contribution in [2.75, 3.05) is 11.6 Å². The molecule has 3 aromatic heterocycles. The van der Waals surface area contributed by atoms with E-state index in [1.165, 1.54) is 10.4 Å². The average molecular weight is 668 g/mol. The number of nitrogens with zero attached hydrogens (tertiary/aromatic N) is 4. The molecule has 6 nitrogen and oxygen atoms in total. The normalized spacial score (nSPS) is 20.3. The Labute approximate surface area is 283 Å². The van der Waals surface area contributed by atoms with E-state index in [0.29, 0.717) is 11.8 Å². The van der Waals surface area contributed by atoms with Gasteiger partial charge in [0.25, 0.3) is 8.32 Å². The molecular weight excluding hydrogens is 623 g/mol. The SMILES string of the molecule is CC[C@H]1C[C@@H](Nc2nc(SC)nc(C)c2-c2nc3c(C)nccc3s2)C(O[Si](c2ccccc2)(c2ccccc2)C(C)(C)C)[C@@H]1C. The number of thiazole rings is 1. The second-order valence-corrected chi connectivity index (χ2v) is 19.6. The first kappa shape index (κ1) is 32.8. The van der Waals surface area contributed by atoms with Crippen LogP contribution in [0.2, 0.25) is 5.04 Å². The molecule has 1 unspecified atom stereocenters. The number of aryl methyl sites for hydroxylation is 2. The topological polar surface area (TPSA) is 72.8 Å². The maximum absolute atomic E-state index is 7.87. The van der Waals surface area contributed by atoms with Gasteiger partial charge in [0, 0.05) is 6.20 Å². The Hall–Kier alpha value is -3.11. The van der Waals surface area contributed by atoms with Crippen LogP contribution in [0.5, 0.6) is 0 Å². The summed E-state index contributed by atoms with van der Waals surface area (Å²) in [5.74, 6) is 1.74. The average Bonchev–Trinajstić information content (AvgIpc) is 3.60. The Morgan fingerprint density at radius 1 is 0.935 bits per heavy atom. The fraction of sp³-hybridized carbons (Fsp3) is 0.405. The Morgan fingerprint density at radius 2 is 1.59 bits per heavy atom. The monoisotopic (exact) mass is 667 g/mol. The molecule has 0 bridgehead atoms. The van der Waals surface area contributed by atoms with E-state index in [0.717, 1.165) is 56.0 Å². The van der Waals surface area contributed by atoms with E-state index in [1.807, 2.05) is 25.4 Å². The van der Waals surface area contributed by atoms with Gasteiger partial charge in [0.2, 0.25) is 0 Å². The summed E-state index contributed by atoms with van der Waals surface area (Å²) in [6.07, 6.45) is 6.00. The van der Waals surface area contributed by atoms with Crippen molar-refractivity contribution in [2.24, 2.45) is 11.8 Å². The third-order valence-corrected chi connectivity index (χ3v) is 16.4. The van der Waals surface area contributed by atoms with Gasteiger partial charge in [-0.15, -0.1) is 11.3 Å². The van der Waals surface area contributed by atoms with Gasteiger partial charge in [-0.25, -0.2) is 15.0 Å².